The molecule has 5 rings (SSSR count). The summed E-state index contributed by atoms with van der Waals surface area (Å²) in [4.78, 5) is 14.9. The van der Waals surface area contributed by atoms with Gasteiger partial charge in [0.1, 0.15) is 5.75 Å². The molecule has 0 aliphatic carbocycles. The second-order valence-electron chi connectivity index (χ2n) is 8.91. The topological polar surface area (TPSA) is 72.9 Å². The third-order valence-electron chi connectivity index (χ3n) is 6.55. The highest BCUT2D eigenvalue weighted by Gasteiger charge is 2.33. The number of carbonyl (C=O) groups is 1. The molecule has 0 saturated carbocycles. The van der Waals surface area contributed by atoms with E-state index in [1.807, 2.05) is 65.6 Å². The highest BCUT2D eigenvalue weighted by Crippen LogP contribution is 2.35. The van der Waals surface area contributed by atoms with Crippen LogP contribution in [0.15, 0.2) is 77.7 Å². The van der Waals surface area contributed by atoms with Gasteiger partial charge < -0.3 is 14.4 Å². The molecule has 0 bridgehead atoms. The number of amides is 1. The van der Waals surface area contributed by atoms with Crippen molar-refractivity contribution < 1.29 is 22.7 Å². The summed E-state index contributed by atoms with van der Waals surface area (Å²) < 4.78 is 35.7. The average molecular weight is 478 g/mol. The van der Waals surface area contributed by atoms with E-state index in [9.17, 15) is 13.2 Å². The van der Waals surface area contributed by atoms with Gasteiger partial charge in [0.15, 0.2) is 9.84 Å². The SMILES string of the molecule is CS(=O)(=O)c1ccc(-c2ccc3c(c2)CO[C@@H](C2CCN(C(=O)c4ccccc4)CC2)O3)cc1. The van der Waals surface area contributed by atoms with Crippen molar-refractivity contribution in [2.45, 2.75) is 30.6 Å². The van der Waals surface area contributed by atoms with Gasteiger partial charge in [-0.05, 0) is 60.4 Å². The van der Waals surface area contributed by atoms with Gasteiger partial charge in [-0.3, -0.25) is 4.79 Å². The Morgan fingerprint density at radius 3 is 2.26 bits per heavy atom. The molecular formula is C27H27NO5S. The van der Waals surface area contributed by atoms with Crippen LogP contribution in [0.3, 0.4) is 0 Å². The summed E-state index contributed by atoms with van der Waals surface area (Å²) in [5.41, 5.74) is 3.62. The van der Waals surface area contributed by atoms with Gasteiger partial charge >= 0.3 is 0 Å². The number of nitrogens with zero attached hydrogens (tertiary/aromatic N) is 1. The molecule has 176 valence electrons. The summed E-state index contributed by atoms with van der Waals surface area (Å²) >= 11 is 0. The van der Waals surface area contributed by atoms with Crippen LogP contribution in [0, 0.1) is 5.92 Å². The largest absolute Gasteiger partial charge is 0.464 e. The van der Waals surface area contributed by atoms with Crippen LogP contribution >= 0.6 is 0 Å². The number of hydrogen-bond acceptors (Lipinski definition) is 5. The molecule has 0 aromatic heterocycles. The number of fused-ring (bicyclic) bond motifs is 1. The fourth-order valence-corrected chi connectivity index (χ4v) is 5.21. The van der Waals surface area contributed by atoms with Crippen LogP contribution in [0.1, 0.15) is 28.8 Å². The first-order valence-electron chi connectivity index (χ1n) is 11.4. The Kier molecular flexibility index (Phi) is 6.15. The lowest BCUT2D eigenvalue weighted by molar-refractivity contribution is -0.148. The summed E-state index contributed by atoms with van der Waals surface area (Å²) in [7, 11) is -3.22. The molecule has 3 aromatic rings. The standard InChI is InChI=1S/C27H27NO5S/c1-34(30,31)24-10-7-19(8-11-24)22-9-12-25-23(17-22)18-32-27(33-25)21-13-15-28(16-14-21)26(29)20-5-3-2-4-6-20/h2-12,17,21,27H,13-16,18H2,1H3/t27-/m1/s1. The summed E-state index contributed by atoms with van der Waals surface area (Å²) in [6.07, 6.45) is 2.56. The molecule has 0 N–H and O–H groups in total. The quantitative estimate of drug-likeness (QED) is 0.552. The number of piperidine rings is 1. The number of hydrogen-bond donors (Lipinski definition) is 0. The van der Waals surface area contributed by atoms with Gasteiger partial charge in [0.25, 0.3) is 5.91 Å². The van der Waals surface area contributed by atoms with Gasteiger partial charge in [0.2, 0.25) is 6.29 Å². The summed E-state index contributed by atoms with van der Waals surface area (Å²) in [5.74, 6) is 1.12. The molecule has 3 aromatic carbocycles. The number of rotatable bonds is 4. The van der Waals surface area contributed by atoms with Crippen molar-refractivity contribution >= 4 is 15.7 Å². The van der Waals surface area contributed by atoms with Crippen LogP contribution < -0.4 is 4.74 Å². The van der Waals surface area contributed by atoms with E-state index in [1.54, 1.807) is 12.1 Å². The molecule has 1 saturated heterocycles. The average Bonchev–Trinajstić information content (AvgIpc) is 2.88. The van der Waals surface area contributed by atoms with Gasteiger partial charge in [-0.15, -0.1) is 0 Å². The van der Waals surface area contributed by atoms with E-state index in [-0.39, 0.29) is 18.1 Å². The van der Waals surface area contributed by atoms with Crippen molar-refractivity contribution in [3.05, 3.63) is 83.9 Å². The summed E-state index contributed by atoms with van der Waals surface area (Å²) in [5, 5.41) is 0. The zero-order valence-electron chi connectivity index (χ0n) is 19.0. The molecule has 2 heterocycles. The molecule has 2 aliphatic heterocycles. The first-order chi connectivity index (χ1) is 16.4. The molecule has 1 atom stereocenters. The van der Waals surface area contributed by atoms with Gasteiger partial charge in [-0.2, -0.15) is 0 Å². The maximum absolute atomic E-state index is 12.7. The second-order valence-corrected chi connectivity index (χ2v) is 10.9. The first kappa shape index (κ1) is 22.6. The van der Waals surface area contributed by atoms with E-state index in [4.69, 9.17) is 9.47 Å². The number of carbonyl (C=O) groups excluding carboxylic acids is 1. The third-order valence-corrected chi connectivity index (χ3v) is 7.68. The maximum atomic E-state index is 12.7. The second kappa shape index (κ2) is 9.24. The van der Waals surface area contributed by atoms with E-state index in [2.05, 4.69) is 0 Å². The summed E-state index contributed by atoms with van der Waals surface area (Å²) in [6, 6.07) is 22.2. The lowest BCUT2D eigenvalue weighted by Gasteiger charge is -2.37. The van der Waals surface area contributed by atoms with Crippen LogP contribution in [0.4, 0.5) is 0 Å². The van der Waals surface area contributed by atoms with Gasteiger partial charge in [0, 0.05) is 36.4 Å². The van der Waals surface area contributed by atoms with Gasteiger partial charge in [0.05, 0.1) is 11.5 Å². The van der Waals surface area contributed by atoms with Crippen LogP contribution in [0.2, 0.25) is 0 Å². The Labute approximate surface area is 200 Å². The molecule has 0 spiro atoms. The smallest absolute Gasteiger partial charge is 0.253 e. The minimum atomic E-state index is -3.22. The summed E-state index contributed by atoms with van der Waals surface area (Å²) in [6.45, 7) is 1.84. The molecule has 6 nitrogen and oxygen atoms in total. The predicted octanol–water partition coefficient (Wildman–Crippen LogP) is 4.54. The van der Waals surface area contributed by atoms with Crippen LogP contribution in [-0.2, 0) is 21.2 Å². The highest BCUT2D eigenvalue weighted by molar-refractivity contribution is 7.90. The Morgan fingerprint density at radius 1 is 0.912 bits per heavy atom. The molecule has 34 heavy (non-hydrogen) atoms. The van der Waals surface area contributed by atoms with Crippen LogP contribution in [0.25, 0.3) is 11.1 Å². The first-order valence-corrected chi connectivity index (χ1v) is 13.3. The van der Waals surface area contributed by atoms with Crippen molar-refractivity contribution in [1.82, 2.24) is 4.90 Å². The van der Waals surface area contributed by atoms with Crippen LogP contribution in [0.5, 0.6) is 5.75 Å². The number of likely N-dealkylation sites (tertiary alicyclic amines) is 1. The Hall–Kier alpha value is -3.16. The highest BCUT2D eigenvalue weighted by atomic mass is 32.2. The minimum Gasteiger partial charge on any atom is -0.464 e. The fraction of sp³-hybridized carbons (Fsp3) is 0.296. The minimum absolute atomic E-state index is 0.0759. The van der Waals surface area contributed by atoms with Crippen molar-refractivity contribution in [1.29, 1.82) is 0 Å². The third kappa shape index (κ3) is 4.72. The van der Waals surface area contributed by atoms with Crippen molar-refractivity contribution in [3.8, 4) is 16.9 Å². The lowest BCUT2D eigenvalue weighted by Crippen LogP contribution is -2.44. The lowest BCUT2D eigenvalue weighted by atomic mass is 9.94. The number of sulfone groups is 1. The molecule has 2 aliphatic rings. The van der Waals surface area contributed by atoms with E-state index < -0.39 is 9.84 Å². The predicted molar refractivity (Wildman–Crippen MR) is 129 cm³/mol. The fourth-order valence-electron chi connectivity index (χ4n) is 4.58. The molecule has 0 radical (unpaired) electrons. The molecule has 1 fully saturated rings. The van der Waals surface area contributed by atoms with E-state index in [0.717, 1.165) is 40.8 Å². The molecule has 1 amide bonds. The molecule has 0 unspecified atom stereocenters. The van der Waals surface area contributed by atoms with Crippen molar-refractivity contribution in [2.75, 3.05) is 19.3 Å². The van der Waals surface area contributed by atoms with Crippen molar-refractivity contribution in [3.63, 3.8) is 0 Å². The van der Waals surface area contributed by atoms with E-state index in [1.165, 1.54) is 6.26 Å². The van der Waals surface area contributed by atoms with Gasteiger partial charge in [-0.25, -0.2) is 8.42 Å². The van der Waals surface area contributed by atoms with Crippen molar-refractivity contribution in [2.24, 2.45) is 5.92 Å². The zero-order chi connectivity index (χ0) is 23.7. The number of benzene rings is 3. The maximum Gasteiger partial charge on any atom is 0.253 e. The molecule has 7 heteroatoms. The number of ether oxygens (including phenoxy) is 2. The normalized spacial score (nSPS) is 18.7. The Bertz CT molecular complexity index is 1280. The van der Waals surface area contributed by atoms with E-state index >= 15 is 0 Å². The van der Waals surface area contributed by atoms with Gasteiger partial charge in [-0.1, -0.05) is 36.4 Å². The Balaban J connectivity index is 1.22. The van der Waals surface area contributed by atoms with E-state index in [0.29, 0.717) is 24.6 Å². The zero-order valence-corrected chi connectivity index (χ0v) is 19.8. The Morgan fingerprint density at radius 2 is 1.59 bits per heavy atom. The monoisotopic (exact) mass is 477 g/mol. The van der Waals surface area contributed by atoms with Crippen LogP contribution in [-0.4, -0.2) is 44.9 Å². The molecular weight excluding hydrogens is 450 g/mol.